The molecule has 2 unspecified atom stereocenters. The van der Waals surface area contributed by atoms with Gasteiger partial charge in [-0.15, -0.1) is 34.2 Å². The Morgan fingerprint density at radius 1 is 1.41 bits per heavy atom. The van der Waals surface area contributed by atoms with Crippen molar-refractivity contribution in [2.45, 2.75) is 51.8 Å². The number of ether oxygens (including phenoxy) is 1. The zero-order valence-corrected chi connectivity index (χ0v) is 20.9. The van der Waals surface area contributed by atoms with Crippen LogP contribution in [0.1, 0.15) is 44.1 Å². The molecule has 2 N–H and O–H groups in total. The molecule has 2 aromatic rings. The second kappa shape index (κ2) is 12.5. The van der Waals surface area contributed by atoms with Gasteiger partial charge in [0.1, 0.15) is 12.2 Å². The molecule has 1 aliphatic rings. The fourth-order valence-electron chi connectivity index (χ4n) is 3.28. The van der Waals surface area contributed by atoms with Crippen LogP contribution >= 0.6 is 39.9 Å². The second-order valence-electron chi connectivity index (χ2n) is 6.93. The molecule has 0 saturated carbocycles. The molecule has 0 radical (unpaired) electrons. The first kappa shape index (κ1) is 24.1. The molecule has 1 fully saturated rings. The number of nitrogens with one attached hydrogen (secondary N) is 2. The second-order valence-corrected chi connectivity index (χ2v) is 7.79. The first-order valence-electron chi connectivity index (χ1n) is 9.95. The Morgan fingerprint density at radius 2 is 2.24 bits per heavy atom. The summed E-state index contributed by atoms with van der Waals surface area (Å²) in [5.41, 5.74) is 1.20. The predicted octanol–water partition coefficient (Wildman–Crippen LogP) is 3.70. The van der Waals surface area contributed by atoms with Gasteiger partial charge in [0.25, 0.3) is 0 Å². The van der Waals surface area contributed by atoms with E-state index in [-0.39, 0.29) is 36.1 Å². The van der Waals surface area contributed by atoms with Gasteiger partial charge in [0, 0.05) is 30.6 Å². The molecular formula is C20H30BrIN6O. The molecule has 0 amide bonds. The zero-order chi connectivity index (χ0) is 19.8. The topological polar surface area (TPSA) is 76.4 Å². The van der Waals surface area contributed by atoms with E-state index in [1.165, 1.54) is 5.56 Å². The average molecular weight is 577 g/mol. The summed E-state index contributed by atoms with van der Waals surface area (Å²) in [7, 11) is 0. The maximum atomic E-state index is 5.71. The van der Waals surface area contributed by atoms with Gasteiger partial charge in [0.2, 0.25) is 0 Å². The summed E-state index contributed by atoms with van der Waals surface area (Å²) in [6.45, 7) is 7.27. The van der Waals surface area contributed by atoms with E-state index < -0.39 is 0 Å². The summed E-state index contributed by atoms with van der Waals surface area (Å²) in [5.74, 6) is 1.79. The highest BCUT2D eigenvalue weighted by Gasteiger charge is 2.16. The Labute approximate surface area is 198 Å². The van der Waals surface area contributed by atoms with E-state index in [2.05, 4.69) is 67.3 Å². The zero-order valence-electron chi connectivity index (χ0n) is 17.0. The molecule has 7 nitrogen and oxygen atoms in total. The summed E-state index contributed by atoms with van der Waals surface area (Å²) in [6.07, 6.45) is 5.08. The van der Waals surface area contributed by atoms with Gasteiger partial charge >= 0.3 is 0 Å². The first-order chi connectivity index (χ1) is 13.7. The maximum absolute atomic E-state index is 5.71. The monoisotopic (exact) mass is 576 g/mol. The quantitative estimate of drug-likeness (QED) is 0.285. The number of rotatable bonds is 8. The Balaban J connectivity index is 0.00000300. The summed E-state index contributed by atoms with van der Waals surface area (Å²) in [4.78, 5) is 4.78. The Kier molecular flexibility index (Phi) is 10.4. The van der Waals surface area contributed by atoms with Crippen LogP contribution in [0.4, 0.5) is 0 Å². The van der Waals surface area contributed by atoms with Crippen molar-refractivity contribution in [3.63, 3.8) is 0 Å². The molecule has 29 heavy (non-hydrogen) atoms. The van der Waals surface area contributed by atoms with Crippen LogP contribution in [0.25, 0.3) is 0 Å². The van der Waals surface area contributed by atoms with Crippen molar-refractivity contribution in [2.24, 2.45) is 4.99 Å². The molecule has 9 heteroatoms. The predicted molar refractivity (Wildman–Crippen MR) is 130 cm³/mol. The Hall–Kier alpha value is -1.20. The third kappa shape index (κ3) is 7.21. The number of aromatic nitrogens is 3. The summed E-state index contributed by atoms with van der Waals surface area (Å²) < 4.78 is 8.87. The molecular weight excluding hydrogens is 547 g/mol. The van der Waals surface area contributed by atoms with Crippen molar-refractivity contribution >= 4 is 45.9 Å². The van der Waals surface area contributed by atoms with Gasteiger partial charge in [-0.2, -0.15) is 0 Å². The van der Waals surface area contributed by atoms with Gasteiger partial charge in [-0.1, -0.05) is 41.1 Å². The molecule has 0 bridgehead atoms. The van der Waals surface area contributed by atoms with E-state index in [9.17, 15) is 0 Å². The van der Waals surface area contributed by atoms with Gasteiger partial charge in [-0.05, 0) is 31.4 Å². The molecule has 1 aromatic heterocycles. The van der Waals surface area contributed by atoms with Crippen LogP contribution < -0.4 is 10.6 Å². The lowest BCUT2D eigenvalue weighted by molar-refractivity contribution is 0.117. The number of aryl methyl sites for hydroxylation is 1. The van der Waals surface area contributed by atoms with Crippen LogP contribution in [0, 0.1) is 0 Å². The lowest BCUT2D eigenvalue weighted by Crippen LogP contribution is -2.41. The fourth-order valence-corrected chi connectivity index (χ4v) is 3.91. The molecule has 1 aromatic carbocycles. The Bertz CT molecular complexity index is 778. The summed E-state index contributed by atoms with van der Waals surface area (Å²) in [6, 6.07) is 8.36. The molecule has 2 heterocycles. The van der Waals surface area contributed by atoms with E-state index in [1.807, 2.05) is 12.1 Å². The van der Waals surface area contributed by atoms with Crippen LogP contribution in [-0.4, -0.2) is 46.5 Å². The molecule has 1 saturated heterocycles. The highest BCUT2D eigenvalue weighted by atomic mass is 127. The van der Waals surface area contributed by atoms with E-state index in [4.69, 9.17) is 9.73 Å². The van der Waals surface area contributed by atoms with Crippen molar-refractivity contribution in [1.29, 1.82) is 0 Å². The standard InChI is InChI=1S/C20H29BrN6O.HI/c1-3-19-26-24-14-27(19)11-10-22-20(23-13-16-7-6-12-28-16)25-15(2)17-8-4-5-9-18(17)21;/h4-5,8-9,14-16H,3,6-7,10-13H2,1-2H3,(H2,22,23,25);1H. The molecule has 160 valence electrons. The van der Waals surface area contributed by atoms with Crippen LogP contribution in [0.2, 0.25) is 0 Å². The van der Waals surface area contributed by atoms with Gasteiger partial charge in [-0.25, -0.2) is 0 Å². The van der Waals surface area contributed by atoms with Crippen molar-refractivity contribution in [3.05, 3.63) is 46.5 Å². The van der Waals surface area contributed by atoms with Gasteiger partial charge in [0.15, 0.2) is 5.96 Å². The molecule has 3 rings (SSSR count). The molecule has 0 spiro atoms. The highest BCUT2D eigenvalue weighted by Crippen LogP contribution is 2.22. The van der Waals surface area contributed by atoms with Gasteiger partial charge in [-0.3, -0.25) is 4.99 Å². The lowest BCUT2D eigenvalue weighted by atomic mass is 10.1. The van der Waals surface area contributed by atoms with Gasteiger partial charge < -0.3 is 19.9 Å². The first-order valence-corrected chi connectivity index (χ1v) is 10.7. The third-order valence-corrected chi connectivity index (χ3v) is 5.58. The minimum Gasteiger partial charge on any atom is -0.376 e. The van der Waals surface area contributed by atoms with Crippen LogP contribution in [0.3, 0.4) is 0 Å². The smallest absolute Gasteiger partial charge is 0.191 e. The molecule has 0 aliphatic carbocycles. The molecule has 2 atom stereocenters. The van der Waals surface area contributed by atoms with Crippen LogP contribution in [0.5, 0.6) is 0 Å². The largest absolute Gasteiger partial charge is 0.376 e. The highest BCUT2D eigenvalue weighted by molar-refractivity contribution is 14.0. The van der Waals surface area contributed by atoms with E-state index in [1.54, 1.807) is 6.33 Å². The average Bonchev–Trinajstić information content (AvgIpc) is 3.37. The van der Waals surface area contributed by atoms with Crippen LogP contribution in [0.15, 0.2) is 40.1 Å². The number of hydrogen-bond acceptors (Lipinski definition) is 4. The van der Waals surface area contributed by atoms with E-state index in [0.29, 0.717) is 6.54 Å². The number of aliphatic imine (C=N–C) groups is 1. The van der Waals surface area contributed by atoms with Crippen molar-refractivity contribution in [2.75, 3.05) is 19.7 Å². The lowest BCUT2D eigenvalue weighted by Gasteiger charge is -2.20. The number of guanidine groups is 1. The van der Waals surface area contributed by atoms with Crippen molar-refractivity contribution in [1.82, 2.24) is 25.4 Å². The fraction of sp³-hybridized carbons (Fsp3) is 0.550. The number of hydrogen-bond donors (Lipinski definition) is 2. The minimum absolute atomic E-state index is 0. The maximum Gasteiger partial charge on any atom is 0.191 e. The van der Waals surface area contributed by atoms with Crippen LogP contribution in [-0.2, 0) is 17.7 Å². The number of nitrogens with zero attached hydrogens (tertiary/aromatic N) is 4. The van der Waals surface area contributed by atoms with Crippen molar-refractivity contribution < 1.29 is 4.74 Å². The number of benzene rings is 1. The van der Waals surface area contributed by atoms with Gasteiger partial charge in [0.05, 0.1) is 18.7 Å². The normalized spacial score (nSPS) is 17.6. The molecule has 1 aliphatic heterocycles. The Morgan fingerprint density at radius 3 is 2.97 bits per heavy atom. The SMILES string of the molecule is CCc1nncn1CCNC(=NCC1CCCO1)NC(C)c1ccccc1Br.I. The van der Waals surface area contributed by atoms with Crippen molar-refractivity contribution in [3.8, 4) is 0 Å². The van der Waals surface area contributed by atoms with E-state index >= 15 is 0 Å². The third-order valence-electron chi connectivity index (χ3n) is 4.86. The summed E-state index contributed by atoms with van der Waals surface area (Å²) >= 11 is 3.64. The number of halogens is 2. The van der Waals surface area contributed by atoms with E-state index in [0.717, 1.165) is 55.2 Å². The summed E-state index contributed by atoms with van der Waals surface area (Å²) in [5, 5.41) is 15.1. The minimum atomic E-state index is 0.